The lowest BCUT2D eigenvalue weighted by molar-refractivity contribution is 0.299. The summed E-state index contributed by atoms with van der Waals surface area (Å²) in [6.07, 6.45) is 9.05. The van der Waals surface area contributed by atoms with Crippen molar-refractivity contribution in [3.63, 3.8) is 0 Å². The first-order valence-electron chi connectivity index (χ1n) is 16.8. The van der Waals surface area contributed by atoms with Crippen molar-refractivity contribution in [1.29, 1.82) is 0 Å². The summed E-state index contributed by atoms with van der Waals surface area (Å²) in [6, 6.07) is 33.8. The fourth-order valence-corrected chi connectivity index (χ4v) is 5.39. The van der Waals surface area contributed by atoms with Crippen LogP contribution in [0.4, 0.5) is 0 Å². The smallest absolute Gasteiger partial charge is 0.226 e. The Morgan fingerprint density at radius 3 is 1.19 bits per heavy atom. The van der Waals surface area contributed by atoms with E-state index in [4.69, 9.17) is 28.4 Å². The van der Waals surface area contributed by atoms with Crippen LogP contribution in [0.2, 0.25) is 0 Å². The van der Waals surface area contributed by atoms with Crippen LogP contribution in [0, 0.1) is 0 Å². The van der Waals surface area contributed by atoms with Gasteiger partial charge in [-0.25, -0.2) is 9.97 Å². The average molecular weight is 645 g/mol. The topological polar surface area (TPSA) is 87.8 Å². The molecule has 0 aliphatic carbocycles. The molecule has 5 aromatic rings. The van der Waals surface area contributed by atoms with Crippen LogP contribution in [0.3, 0.4) is 0 Å². The minimum Gasteiger partial charge on any atom is -0.494 e. The van der Waals surface area contributed by atoms with Crippen LogP contribution in [0.1, 0.15) is 38.5 Å². The fraction of sp³-hybridized carbons (Fsp3) is 0.300. The summed E-state index contributed by atoms with van der Waals surface area (Å²) in [6.45, 7) is 3.30. The maximum absolute atomic E-state index is 6.01. The van der Waals surface area contributed by atoms with Crippen LogP contribution >= 0.6 is 0 Å². The second-order valence-corrected chi connectivity index (χ2v) is 12.1. The van der Waals surface area contributed by atoms with E-state index in [0.717, 1.165) is 98.7 Å². The molecule has 1 aromatic heterocycles. The third-order valence-corrected chi connectivity index (χ3v) is 8.33. The minimum atomic E-state index is 0.398. The lowest BCUT2D eigenvalue weighted by Crippen LogP contribution is -1.98. The number of nitrogens with zero attached hydrogens (tertiary/aromatic N) is 2. The van der Waals surface area contributed by atoms with E-state index in [1.165, 1.54) is 6.33 Å². The van der Waals surface area contributed by atoms with Gasteiger partial charge < -0.3 is 28.4 Å². The molecule has 246 valence electrons. The first kappa shape index (κ1) is 31.7. The van der Waals surface area contributed by atoms with E-state index >= 15 is 0 Å². The van der Waals surface area contributed by atoms with Crippen LogP contribution in [0.25, 0.3) is 22.3 Å². The van der Waals surface area contributed by atoms with E-state index in [9.17, 15) is 0 Å². The van der Waals surface area contributed by atoms with Gasteiger partial charge in [0.25, 0.3) is 0 Å². The van der Waals surface area contributed by atoms with E-state index < -0.39 is 0 Å². The molecule has 2 aliphatic heterocycles. The van der Waals surface area contributed by atoms with E-state index in [1.807, 2.05) is 72.8 Å². The quantitative estimate of drug-likeness (QED) is 0.0689. The zero-order valence-electron chi connectivity index (χ0n) is 27.0. The van der Waals surface area contributed by atoms with Crippen molar-refractivity contribution in [2.75, 3.05) is 26.4 Å². The van der Waals surface area contributed by atoms with E-state index in [1.54, 1.807) is 6.07 Å². The summed E-state index contributed by atoms with van der Waals surface area (Å²) < 4.78 is 34.3. The number of unbranched alkanes of at least 4 members (excludes halogenated alkanes) is 2. The van der Waals surface area contributed by atoms with Crippen molar-refractivity contribution in [3.8, 4) is 57.0 Å². The van der Waals surface area contributed by atoms with E-state index in [0.29, 0.717) is 35.5 Å². The van der Waals surface area contributed by atoms with Crippen molar-refractivity contribution in [2.24, 2.45) is 0 Å². The van der Waals surface area contributed by atoms with E-state index in [-0.39, 0.29) is 0 Å². The Balaban J connectivity index is 0.870. The van der Waals surface area contributed by atoms with Crippen LogP contribution < -0.4 is 18.9 Å². The first-order valence-corrected chi connectivity index (χ1v) is 16.8. The van der Waals surface area contributed by atoms with Crippen molar-refractivity contribution < 1.29 is 28.4 Å². The third-order valence-electron chi connectivity index (χ3n) is 8.33. The lowest BCUT2D eigenvalue weighted by Gasteiger charge is -2.10. The summed E-state index contributed by atoms with van der Waals surface area (Å²) in [5.41, 5.74) is 4.39. The molecule has 48 heavy (non-hydrogen) atoms. The standard InChI is InChI=1S/C40H40N2O6/c1(5-37-26-45-37)3-23-43-33-15-7-29(8-16-33)31-11-19-35(20-12-31)47-39-25-40(42-28-41-39)48-36-21-13-32(14-22-36)30-9-17-34(18-10-30)44-24-4-2-6-38-27-46-38/h7-22,25,28,37-38H,1-6,23-24,26-27H2. The van der Waals surface area contributed by atoms with Crippen molar-refractivity contribution in [2.45, 2.75) is 50.7 Å². The molecule has 0 bridgehead atoms. The van der Waals surface area contributed by atoms with Gasteiger partial charge in [0.1, 0.15) is 29.3 Å². The van der Waals surface area contributed by atoms with Gasteiger partial charge >= 0.3 is 0 Å². The lowest BCUT2D eigenvalue weighted by atomic mass is 10.1. The maximum Gasteiger partial charge on any atom is 0.226 e. The number of aromatic nitrogens is 2. The summed E-state index contributed by atoms with van der Waals surface area (Å²) >= 11 is 0. The van der Waals surface area contributed by atoms with Gasteiger partial charge in [0.05, 0.1) is 44.7 Å². The fourth-order valence-electron chi connectivity index (χ4n) is 5.39. The van der Waals surface area contributed by atoms with Crippen molar-refractivity contribution in [1.82, 2.24) is 9.97 Å². The molecule has 2 fully saturated rings. The molecule has 2 saturated heterocycles. The molecule has 0 saturated carbocycles. The number of hydrogen-bond acceptors (Lipinski definition) is 8. The summed E-state index contributed by atoms with van der Waals surface area (Å²) in [5, 5.41) is 0. The Labute approximate surface area is 281 Å². The molecule has 0 spiro atoms. The third kappa shape index (κ3) is 9.56. The van der Waals surface area contributed by atoms with Crippen molar-refractivity contribution >= 4 is 0 Å². The normalized spacial score (nSPS) is 16.2. The van der Waals surface area contributed by atoms with Gasteiger partial charge in [-0.15, -0.1) is 0 Å². The van der Waals surface area contributed by atoms with Gasteiger partial charge in [0.2, 0.25) is 11.8 Å². The Bertz CT molecular complexity index is 1590. The highest BCUT2D eigenvalue weighted by atomic mass is 16.6. The highest BCUT2D eigenvalue weighted by molar-refractivity contribution is 5.66. The number of ether oxygens (including phenoxy) is 6. The highest BCUT2D eigenvalue weighted by Gasteiger charge is 2.21. The predicted molar refractivity (Wildman–Crippen MR) is 184 cm³/mol. The van der Waals surface area contributed by atoms with Crippen LogP contribution in [0.5, 0.6) is 34.8 Å². The molecule has 4 aromatic carbocycles. The van der Waals surface area contributed by atoms with Crippen molar-refractivity contribution in [3.05, 3.63) is 109 Å². The predicted octanol–water partition coefficient (Wildman–Crippen LogP) is 9.29. The Morgan fingerprint density at radius 2 is 0.833 bits per heavy atom. The summed E-state index contributed by atoms with van der Waals surface area (Å²) in [5.74, 6) is 3.91. The SMILES string of the molecule is c1nc(Oc2ccc(-c3ccc(OCCCCC4CO4)cc3)cc2)cc(Oc2ccc(-c3ccc(OCCCCC4CO4)cc3)cc2)n1. The molecule has 3 heterocycles. The average Bonchev–Trinajstić information content (AvgIpc) is 4.07. The number of rotatable bonds is 18. The summed E-state index contributed by atoms with van der Waals surface area (Å²) in [7, 11) is 0. The molecule has 0 N–H and O–H groups in total. The highest BCUT2D eigenvalue weighted by Crippen LogP contribution is 2.30. The molecule has 2 atom stereocenters. The van der Waals surface area contributed by atoms with Crippen LogP contribution in [-0.4, -0.2) is 48.6 Å². The van der Waals surface area contributed by atoms with Gasteiger partial charge in [-0.1, -0.05) is 48.5 Å². The number of benzene rings is 4. The molecule has 0 radical (unpaired) electrons. The molecular weight excluding hydrogens is 604 g/mol. The van der Waals surface area contributed by atoms with Gasteiger partial charge in [0, 0.05) is 0 Å². The minimum absolute atomic E-state index is 0.398. The second kappa shape index (κ2) is 15.8. The van der Waals surface area contributed by atoms with Gasteiger partial charge in [-0.3, -0.25) is 0 Å². The Hall–Kier alpha value is -4.92. The molecule has 7 rings (SSSR count). The molecule has 0 amide bonds. The Kier molecular flexibility index (Phi) is 10.4. The van der Waals surface area contributed by atoms with Crippen LogP contribution in [-0.2, 0) is 9.47 Å². The van der Waals surface area contributed by atoms with Gasteiger partial charge in [0.15, 0.2) is 0 Å². The zero-order valence-corrected chi connectivity index (χ0v) is 27.0. The molecule has 8 nitrogen and oxygen atoms in total. The number of hydrogen-bond donors (Lipinski definition) is 0. The van der Waals surface area contributed by atoms with E-state index in [2.05, 4.69) is 34.2 Å². The first-order chi connectivity index (χ1) is 23.7. The Morgan fingerprint density at radius 1 is 0.479 bits per heavy atom. The molecular formula is C40H40N2O6. The van der Waals surface area contributed by atoms with Crippen LogP contribution in [0.15, 0.2) is 109 Å². The van der Waals surface area contributed by atoms with Gasteiger partial charge in [-0.05, 0) is 109 Å². The maximum atomic E-state index is 6.01. The van der Waals surface area contributed by atoms with Gasteiger partial charge in [-0.2, -0.15) is 0 Å². The zero-order chi connectivity index (χ0) is 32.4. The molecule has 2 aliphatic rings. The molecule has 2 unspecified atom stereocenters. The largest absolute Gasteiger partial charge is 0.494 e. The number of epoxide rings is 2. The second-order valence-electron chi connectivity index (χ2n) is 12.1. The monoisotopic (exact) mass is 644 g/mol. The molecule has 8 heteroatoms. The summed E-state index contributed by atoms with van der Waals surface area (Å²) in [4.78, 5) is 8.53.